The largest absolute Gasteiger partial charge is 0.496 e. The molecule has 0 spiro atoms. The van der Waals surface area contributed by atoms with E-state index in [0.717, 1.165) is 93.2 Å². The summed E-state index contributed by atoms with van der Waals surface area (Å²) in [5.41, 5.74) is 7.61. The highest BCUT2D eigenvalue weighted by Gasteiger charge is 2.22. The van der Waals surface area contributed by atoms with Crippen LogP contribution in [0.5, 0.6) is 5.75 Å². The predicted molar refractivity (Wildman–Crippen MR) is 154 cm³/mol. The molecule has 0 unspecified atom stereocenters. The zero-order chi connectivity index (χ0) is 26.7. The normalized spacial score (nSPS) is 14.1. The van der Waals surface area contributed by atoms with Gasteiger partial charge in [-0.3, -0.25) is 0 Å². The molecule has 1 N–H and O–H groups in total. The van der Waals surface area contributed by atoms with Gasteiger partial charge in [-0.05, 0) is 55.8 Å². The summed E-state index contributed by atoms with van der Waals surface area (Å²) in [6.45, 7) is 9.00. The van der Waals surface area contributed by atoms with Gasteiger partial charge in [0, 0.05) is 40.8 Å². The first kappa shape index (κ1) is 23.7. The van der Waals surface area contributed by atoms with E-state index in [1.807, 2.05) is 20.8 Å². The molecule has 39 heavy (non-hydrogen) atoms. The minimum absolute atomic E-state index is 0.711. The van der Waals surface area contributed by atoms with Crippen LogP contribution in [0, 0.1) is 20.8 Å². The Labute approximate surface area is 225 Å². The van der Waals surface area contributed by atoms with Gasteiger partial charge in [0.15, 0.2) is 0 Å². The van der Waals surface area contributed by atoms with E-state index in [4.69, 9.17) is 24.0 Å². The highest BCUT2D eigenvalue weighted by atomic mass is 16.5. The van der Waals surface area contributed by atoms with Crippen molar-refractivity contribution >= 4 is 38.4 Å². The van der Waals surface area contributed by atoms with Crippen LogP contribution in [0.25, 0.3) is 55.1 Å². The summed E-state index contributed by atoms with van der Waals surface area (Å²) in [6, 6.07) is 17.2. The number of aryl methyl sites for hydroxylation is 3. The molecular weight excluding hydrogens is 490 g/mol. The maximum Gasteiger partial charge on any atom is 0.142 e. The van der Waals surface area contributed by atoms with Gasteiger partial charge in [-0.25, -0.2) is 9.97 Å². The van der Waals surface area contributed by atoms with E-state index in [2.05, 4.69) is 63.6 Å². The lowest BCUT2D eigenvalue weighted by Gasteiger charge is -2.29. The number of benzene rings is 3. The van der Waals surface area contributed by atoms with Crippen molar-refractivity contribution < 1.29 is 14.0 Å². The van der Waals surface area contributed by atoms with Gasteiger partial charge in [-0.1, -0.05) is 29.4 Å². The summed E-state index contributed by atoms with van der Waals surface area (Å²) in [4.78, 5) is 15.8. The van der Waals surface area contributed by atoms with Crippen molar-refractivity contribution in [2.45, 2.75) is 20.8 Å². The van der Waals surface area contributed by atoms with Gasteiger partial charge in [0.2, 0.25) is 0 Å². The van der Waals surface area contributed by atoms with Crippen molar-refractivity contribution in [2.24, 2.45) is 0 Å². The van der Waals surface area contributed by atoms with Crippen molar-refractivity contribution in [1.82, 2.24) is 20.1 Å². The summed E-state index contributed by atoms with van der Waals surface area (Å²) >= 11 is 0. The Balaban J connectivity index is 1.52. The number of nitrogens with zero attached hydrogens (tertiary/aromatic N) is 4. The summed E-state index contributed by atoms with van der Waals surface area (Å²) < 4.78 is 17.0. The third-order valence-electron chi connectivity index (χ3n) is 7.66. The predicted octanol–water partition coefficient (Wildman–Crippen LogP) is 6.36. The standard InChI is InChI=1S/C31H29N5O3/c1-17-28(18(2)39-35-17)25-15-26-24(16-27(25)37-4)29-30(32-19(3)33-31(29)34-26)23-14-21(36-9-11-38-12-10-36)13-20-7-5-6-8-22(20)23/h5-8,13-16H,9-12H2,1-4H3,(H,32,33,34). The second-order valence-corrected chi connectivity index (χ2v) is 10.1. The lowest BCUT2D eigenvalue weighted by atomic mass is 9.96. The lowest BCUT2D eigenvalue weighted by molar-refractivity contribution is 0.122. The van der Waals surface area contributed by atoms with Crippen LogP contribution in [-0.4, -0.2) is 53.5 Å². The highest BCUT2D eigenvalue weighted by Crippen LogP contribution is 2.43. The molecule has 0 saturated carbocycles. The number of methoxy groups -OCH3 is 1. The van der Waals surface area contributed by atoms with Crippen molar-refractivity contribution in [3.8, 4) is 28.1 Å². The van der Waals surface area contributed by atoms with Gasteiger partial charge in [0.1, 0.15) is 23.0 Å². The molecule has 4 heterocycles. The van der Waals surface area contributed by atoms with Gasteiger partial charge >= 0.3 is 0 Å². The van der Waals surface area contributed by atoms with Crippen LogP contribution in [0.2, 0.25) is 0 Å². The SMILES string of the molecule is COc1cc2c(cc1-c1c(C)noc1C)[nH]c1nc(C)nc(-c3cc(N4CCOCC4)cc4ccccc34)c12. The average molecular weight is 520 g/mol. The Kier molecular flexibility index (Phi) is 5.52. The number of aromatic nitrogens is 4. The Bertz CT molecular complexity index is 1860. The minimum Gasteiger partial charge on any atom is -0.496 e. The fraction of sp³-hybridized carbons (Fsp3) is 0.258. The molecule has 3 aromatic carbocycles. The molecule has 0 atom stereocenters. The molecule has 7 rings (SSSR count). The van der Waals surface area contributed by atoms with Gasteiger partial charge in [0.05, 0.1) is 42.7 Å². The number of aromatic amines is 1. The van der Waals surface area contributed by atoms with E-state index < -0.39 is 0 Å². The second kappa shape index (κ2) is 9.10. The van der Waals surface area contributed by atoms with E-state index in [-0.39, 0.29) is 0 Å². The lowest BCUT2D eigenvalue weighted by Crippen LogP contribution is -2.36. The third kappa shape index (κ3) is 3.82. The first-order valence-corrected chi connectivity index (χ1v) is 13.2. The number of nitrogens with one attached hydrogen (secondary N) is 1. The monoisotopic (exact) mass is 519 g/mol. The van der Waals surface area contributed by atoms with Crippen LogP contribution >= 0.6 is 0 Å². The molecule has 8 heteroatoms. The molecule has 1 aliphatic heterocycles. The van der Waals surface area contributed by atoms with Crippen molar-refractivity contribution in [2.75, 3.05) is 38.3 Å². The van der Waals surface area contributed by atoms with E-state index in [0.29, 0.717) is 5.82 Å². The van der Waals surface area contributed by atoms with Crippen molar-refractivity contribution in [1.29, 1.82) is 0 Å². The molecule has 1 saturated heterocycles. The first-order chi connectivity index (χ1) is 19.0. The minimum atomic E-state index is 0.711. The van der Waals surface area contributed by atoms with Gasteiger partial charge in [0.25, 0.3) is 0 Å². The van der Waals surface area contributed by atoms with Gasteiger partial charge in [-0.15, -0.1) is 0 Å². The summed E-state index contributed by atoms with van der Waals surface area (Å²) in [5, 5.41) is 8.47. The molecule has 1 fully saturated rings. The smallest absolute Gasteiger partial charge is 0.142 e. The molecule has 8 nitrogen and oxygen atoms in total. The van der Waals surface area contributed by atoms with E-state index in [1.165, 1.54) is 11.1 Å². The van der Waals surface area contributed by atoms with Crippen molar-refractivity contribution in [3.05, 3.63) is 65.8 Å². The molecular formula is C31H29N5O3. The number of rotatable bonds is 4. The Morgan fingerprint density at radius 2 is 1.74 bits per heavy atom. The Morgan fingerprint density at radius 3 is 2.51 bits per heavy atom. The van der Waals surface area contributed by atoms with Gasteiger partial charge in [-0.2, -0.15) is 0 Å². The number of H-pyrrole nitrogens is 1. The maximum absolute atomic E-state index is 5.90. The number of morpholine rings is 1. The topological polar surface area (TPSA) is 89.3 Å². The molecule has 6 aromatic rings. The summed E-state index contributed by atoms with van der Waals surface area (Å²) in [6.07, 6.45) is 0. The molecule has 1 aliphatic rings. The third-order valence-corrected chi connectivity index (χ3v) is 7.66. The maximum atomic E-state index is 5.90. The van der Waals surface area contributed by atoms with Crippen LogP contribution in [0.3, 0.4) is 0 Å². The summed E-state index contributed by atoms with van der Waals surface area (Å²) in [7, 11) is 1.69. The van der Waals surface area contributed by atoms with Crippen LogP contribution in [-0.2, 0) is 4.74 Å². The zero-order valence-electron chi connectivity index (χ0n) is 22.5. The quantitative estimate of drug-likeness (QED) is 0.290. The Hall–Kier alpha value is -4.43. The highest BCUT2D eigenvalue weighted by molar-refractivity contribution is 6.16. The Morgan fingerprint density at radius 1 is 0.923 bits per heavy atom. The molecule has 0 amide bonds. The van der Waals surface area contributed by atoms with Crippen molar-refractivity contribution in [3.63, 3.8) is 0 Å². The van der Waals surface area contributed by atoms with Crippen LogP contribution in [0.1, 0.15) is 17.3 Å². The van der Waals surface area contributed by atoms with Crippen LogP contribution in [0.4, 0.5) is 5.69 Å². The number of hydrogen-bond donors (Lipinski definition) is 1. The molecule has 0 aliphatic carbocycles. The zero-order valence-corrected chi connectivity index (χ0v) is 22.5. The van der Waals surface area contributed by atoms with E-state index in [9.17, 15) is 0 Å². The first-order valence-electron chi connectivity index (χ1n) is 13.2. The molecule has 0 radical (unpaired) electrons. The number of ether oxygens (including phenoxy) is 2. The second-order valence-electron chi connectivity index (χ2n) is 10.1. The van der Waals surface area contributed by atoms with Gasteiger partial charge < -0.3 is 23.9 Å². The van der Waals surface area contributed by atoms with Crippen LogP contribution < -0.4 is 9.64 Å². The van der Waals surface area contributed by atoms with E-state index >= 15 is 0 Å². The van der Waals surface area contributed by atoms with E-state index in [1.54, 1.807) is 7.11 Å². The fourth-order valence-electron chi connectivity index (χ4n) is 5.86. The molecule has 196 valence electrons. The number of anilines is 1. The van der Waals surface area contributed by atoms with Crippen LogP contribution in [0.15, 0.2) is 53.1 Å². The molecule has 3 aromatic heterocycles. The average Bonchev–Trinajstić information content (AvgIpc) is 3.49. The molecule has 0 bridgehead atoms. The number of fused-ring (bicyclic) bond motifs is 4. The fourth-order valence-corrected chi connectivity index (χ4v) is 5.86. The summed E-state index contributed by atoms with van der Waals surface area (Å²) in [5.74, 6) is 2.21. The number of hydrogen-bond acceptors (Lipinski definition) is 7.